The van der Waals surface area contributed by atoms with E-state index in [4.69, 9.17) is 4.42 Å². The van der Waals surface area contributed by atoms with E-state index in [0.717, 1.165) is 67.6 Å². The van der Waals surface area contributed by atoms with Crippen LogP contribution >= 0.6 is 11.3 Å². The maximum atomic E-state index is 15.4. The molecular weight excluding hydrogens is 801 g/mol. The van der Waals surface area contributed by atoms with E-state index < -0.39 is 17.1 Å². The molecule has 9 nitrogen and oxygen atoms in total. The number of carbonyl (C=O) groups is 1. The molecule has 60 heavy (non-hydrogen) atoms. The lowest BCUT2D eigenvalue weighted by molar-refractivity contribution is -0.360. The summed E-state index contributed by atoms with van der Waals surface area (Å²) in [6, 6.07) is 24.2. The van der Waals surface area contributed by atoms with Gasteiger partial charge in [0, 0.05) is 83.3 Å². The number of hydrogen-bond donors (Lipinski definition) is 0. The number of rotatable bonds is 12. The summed E-state index contributed by atoms with van der Waals surface area (Å²) in [4.78, 5) is 14.1. The Morgan fingerprint density at radius 1 is 0.933 bits per heavy atom. The van der Waals surface area contributed by atoms with Crippen LogP contribution in [0.5, 0.6) is 0 Å². The number of halogens is 2. The molecule has 3 aliphatic heterocycles. The van der Waals surface area contributed by atoms with Crippen molar-refractivity contribution in [2.45, 2.75) is 65.7 Å². The van der Waals surface area contributed by atoms with E-state index in [1.54, 1.807) is 36.4 Å². The topological polar surface area (TPSA) is 102 Å². The Hall–Kier alpha value is -5.44. The molecule has 8 rings (SSSR count). The smallest absolute Gasteiger partial charge is 0.737 e. The van der Waals surface area contributed by atoms with E-state index in [2.05, 4.69) is 37.2 Å². The molecule has 2 aromatic carbocycles. The first kappa shape index (κ1) is 42.7. The molecule has 0 bridgehead atoms. The standard InChI is InChI=1S/C29H34N2O4S.C17H15BF2N2OS/c1-6-20-11-14-25(28(17-20)36(32,33)34)29-23-15-12-21(30(7-2)8-3)18-26(23)35-27-19-22(13-16-24(27)29)31(9-4)10-5;1-12(23)4-5-13-6-7-14-11-15-8-9-16(17-3-2-10-24-17)22(15)18(19,20)21(13)14/h11-19H,6-10H2,1-5H3;2-3,6-11H,4-5H2,1H3. The van der Waals surface area contributed by atoms with Gasteiger partial charge in [0.15, 0.2) is 11.4 Å². The molecule has 0 fully saturated rings. The van der Waals surface area contributed by atoms with Crippen LogP contribution in [0.1, 0.15) is 69.8 Å². The lowest BCUT2D eigenvalue weighted by Crippen LogP contribution is -2.50. The van der Waals surface area contributed by atoms with Crippen LogP contribution in [-0.2, 0) is 27.8 Å². The van der Waals surface area contributed by atoms with Gasteiger partial charge in [-0.3, -0.25) is 0 Å². The number of carbonyl (C=O) groups excluding carboxylic acids is 1. The zero-order valence-electron chi connectivity index (χ0n) is 34.7. The zero-order valence-corrected chi connectivity index (χ0v) is 36.4. The second-order valence-corrected chi connectivity index (χ2v) is 17.2. The Balaban J connectivity index is 0.000000196. The summed E-state index contributed by atoms with van der Waals surface area (Å²) < 4.78 is 78.9. The highest BCUT2D eigenvalue weighted by molar-refractivity contribution is 7.85. The van der Waals surface area contributed by atoms with Gasteiger partial charge in [-0.2, -0.15) is 0 Å². The van der Waals surface area contributed by atoms with Gasteiger partial charge in [-0.15, -0.1) is 11.3 Å². The molecule has 0 saturated carbocycles. The number of hydrogen-bond acceptors (Lipinski definition) is 7. The fourth-order valence-corrected chi connectivity index (χ4v) is 9.74. The van der Waals surface area contributed by atoms with Crippen molar-refractivity contribution in [2.75, 3.05) is 31.1 Å². The third-order valence-electron chi connectivity index (χ3n) is 11.3. The summed E-state index contributed by atoms with van der Waals surface area (Å²) in [7, 11) is -4.71. The van der Waals surface area contributed by atoms with Gasteiger partial charge in [0.25, 0.3) is 0 Å². The zero-order chi connectivity index (χ0) is 42.9. The monoisotopic (exact) mass is 850 g/mol. The van der Waals surface area contributed by atoms with E-state index >= 15 is 8.63 Å². The van der Waals surface area contributed by atoms with Crippen molar-refractivity contribution in [1.82, 2.24) is 9.05 Å². The minimum absolute atomic E-state index is 0.00193. The third kappa shape index (κ3) is 8.07. The number of benzene rings is 3. The number of aryl methyl sites for hydroxylation is 2. The molecule has 14 heteroatoms. The SMILES string of the molecule is CC(=O)CCc1ccc2n1[B-](F)(F)[N+]1=C(c3cccs3)C=CC1=C2.CCc1ccc(-c2c3ccc(=[N+](CC)CC)cc-3oc3cc(N(CC)CC)ccc23)c(S(=O)(=O)[O-])c1. The van der Waals surface area contributed by atoms with E-state index in [0.29, 0.717) is 58.1 Å². The first-order valence-electron chi connectivity index (χ1n) is 20.5. The molecule has 0 saturated heterocycles. The Bertz CT molecular complexity index is 2850. The summed E-state index contributed by atoms with van der Waals surface area (Å²) in [5.41, 5.74) is 6.36. The van der Waals surface area contributed by atoms with Crippen molar-refractivity contribution < 1.29 is 35.3 Å². The van der Waals surface area contributed by atoms with Gasteiger partial charge >= 0.3 is 6.97 Å². The fourth-order valence-electron chi connectivity index (χ4n) is 8.26. The van der Waals surface area contributed by atoms with Crippen molar-refractivity contribution >= 4 is 62.7 Å². The second-order valence-electron chi connectivity index (χ2n) is 14.9. The van der Waals surface area contributed by atoms with E-state index in [9.17, 15) is 17.8 Å². The average Bonchev–Trinajstić information content (AvgIpc) is 4.01. The molecular formula is C46H49BF2N4O5S2. The van der Waals surface area contributed by atoms with Crippen molar-refractivity contribution in [2.24, 2.45) is 0 Å². The number of Topliss-reactive ketones (excluding diaryl/α,β-unsaturated/α-hetero) is 1. The highest BCUT2D eigenvalue weighted by Gasteiger charge is 2.52. The number of aromatic nitrogens is 1. The number of ketones is 1. The molecule has 0 radical (unpaired) electrons. The lowest BCUT2D eigenvalue weighted by Gasteiger charge is -2.30. The van der Waals surface area contributed by atoms with Crippen LogP contribution in [0.2, 0.25) is 0 Å². The van der Waals surface area contributed by atoms with E-state index in [1.165, 1.54) is 24.3 Å². The maximum absolute atomic E-state index is 15.4. The minimum Gasteiger partial charge on any atom is -0.744 e. The fraction of sp³-hybridized carbons (Fsp3) is 0.283. The number of nitrogens with zero attached hydrogens (tertiary/aromatic N) is 4. The normalized spacial score (nSPS) is 14.2. The molecule has 0 spiro atoms. The molecule has 0 amide bonds. The van der Waals surface area contributed by atoms with Crippen LogP contribution in [-0.4, -0.2) is 66.6 Å². The second kappa shape index (κ2) is 17.3. The van der Waals surface area contributed by atoms with Crippen LogP contribution in [0.15, 0.2) is 111 Å². The Morgan fingerprint density at radius 2 is 1.68 bits per heavy atom. The number of fused-ring (bicyclic) bond motifs is 4. The molecule has 4 aromatic rings. The predicted octanol–water partition coefficient (Wildman–Crippen LogP) is 9.05. The largest absolute Gasteiger partial charge is 0.744 e. The van der Waals surface area contributed by atoms with Crippen LogP contribution in [0.4, 0.5) is 14.3 Å². The quantitative estimate of drug-likeness (QED) is 0.0528. The Morgan fingerprint density at radius 3 is 2.33 bits per heavy atom. The molecule has 0 N–H and O–H groups in total. The summed E-state index contributed by atoms with van der Waals surface area (Å²) in [5.74, 6) is 0.648. The van der Waals surface area contributed by atoms with Gasteiger partial charge in [0.05, 0.1) is 15.8 Å². The Labute approximate surface area is 354 Å². The van der Waals surface area contributed by atoms with E-state index in [-0.39, 0.29) is 17.1 Å². The molecule has 1 aliphatic carbocycles. The first-order valence-corrected chi connectivity index (χ1v) is 22.8. The molecule has 2 aromatic heterocycles. The summed E-state index contributed by atoms with van der Waals surface area (Å²) in [5, 5.41) is 3.68. The third-order valence-corrected chi connectivity index (χ3v) is 13.1. The lowest BCUT2D eigenvalue weighted by atomic mass is 9.90. The molecule has 5 heterocycles. The van der Waals surface area contributed by atoms with Gasteiger partial charge in [-0.1, -0.05) is 25.1 Å². The van der Waals surface area contributed by atoms with Gasteiger partial charge in [-0.25, -0.2) is 13.0 Å². The number of allylic oxidation sites excluding steroid dienone is 2. The predicted molar refractivity (Wildman–Crippen MR) is 238 cm³/mol. The highest BCUT2D eigenvalue weighted by atomic mass is 32.2. The summed E-state index contributed by atoms with van der Waals surface area (Å²) in [6.45, 7) is 11.3. The molecule has 0 atom stereocenters. The highest BCUT2D eigenvalue weighted by Crippen LogP contribution is 2.43. The van der Waals surface area contributed by atoms with Crippen LogP contribution in [0.3, 0.4) is 0 Å². The van der Waals surface area contributed by atoms with Crippen LogP contribution < -0.4 is 14.8 Å². The van der Waals surface area contributed by atoms with Gasteiger partial charge in [0.1, 0.15) is 40.3 Å². The summed E-state index contributed by atoms with van der Waals surface area (Å²) >= 11 is 1.44. The van der Waals surface area contributed by atoms with Crippen molar-refractivity contribution in [3.63, 3.8) is 0 Å². The molecule has 0 unspecified atom stereocenters. The number of thiophene rings is 1. The van der Waals surface area contributed by atoms with Crippen LogP contribution in [0, 0.1) is 0 Å². The van der Waals surface area contributed by atoms with Crippen molar-refractivity contribution in [1.29, 1.82) is 0 Å². The van der Waals surface area contributed by atoms with Gasteiger partial charge < -0.3 is 36.3 Å². The van der Waals surface area contributed by atoms with Crippen molar-refractivity contribution in [3.05, 3.63) is 129 Å². The maximum Gasteiger partial charge on any atom is 0.737 e. The van der Waals surface area contributed by atoms with Crippen molar-refractivity contribution in [3.8, 4) is 22.5 Å². The molecule has 4 aliphatic rings. The van der Waals surface area contributed by atoms with Crippen LogP contribution in [0.25, 0.3) is 39.5 Å². The number of anilines is 1. The van der Waals surface area contributed by atoms with E-state index in [1.807, 2.05) is 66.9 Å². The summed E-state index contributed by atoms with van der Waals surface area (Å²) in [6.07, 6.45) is 6.48. The average molecular weight is 851 g/mol. The Kier molecular flexibility index (Phi) is 12.3. The van der Waals surface area contributed by atoms with Gasteiger partial charge in [-0.05, 0) is 107 Å². The van der Waals surface area contributed by atoms with Gasteiger partial charge in [0.2, 0.25) is 5.36 Å². The minimum atomic E-state index is -4.71. The first-order chi connectivity index (χ1) is 28.7. The molecule has 312 valence electrons.